The van der Waals surface area contributed by atoms with Gasteiger partial charge < -0.3 is 19.8 Å². The van der Waals surface area contributed by atoms with Crippen molar-refractivity contribution in [2.45, 2.75) is 6.92 Å². The van der Waals surface area contributed by atoms with E-state index in [2.05, 4.69) is 20.3 Å². The average Bonchev–Trinajstić information content (AvgIpc) is 2.38. The van der Waals surface area contributed by atoms with Crippen LogP contribution in [0, 0.1) is 6.92 Å². The van der Waals surface area contributed by atoms with Crippen molar-refractivity contribution in [1.82, 2.24) is 9.97 Å². The van der Waals surface area contributed by atoms with Gasteiger partial charge in [0.05, 0.1) is 13.2 Å². The molecule has 1 aromatic rings. The standard InChI is InChI=1S/C11H21N5O2/c1-9-13-10(15-12)8-11(14-9)16(4-6-17-2)5-7-18-3/h8H,4-7,12H2,1-3H3,(H,13,14,15). The number of hydrazine groups is 1. The summed E-state index contributed by atoms with van der Waals surface area (Å²) in [5.74, 6) is 7.45. The van der Waals surface area contributed by atoms with E-state index in [1.54, 1.807) is 20.3 Å². The molecule has 18 heavy (non-hydrogen) atoms. The maximum atomic E-state index is 5.38. The second-order valence-corrected chi connectivity index (χ2v) is 3.78. The number of rotatable bonds is 8. The molecular weight excluding hydrogens is 234 g/mol. The van der Waals surface area contributed by atoms with E-state index in [1.165, 1.54) is 0 Å². The Morgan fingerprint density at radius 1 is 1.22 bits per heavy atom. The number of nitrogen functional groups attached to an aromatic ring is 1. The first-order valence-electron chi connectivity index (χ1n) is 5.76. The number of nitrogens with zero attached hydrogens (tertiary/aromatic N) is 3. The lowest BCUT2D eigenvalue weighted by atomic mass is 10.4. The molecule has 1 rings (SSSR count). The number of nitrogens with two attached hydrogens (primary N) is 1. The number of aromatic nitrogens is 2. The van der Waals surface area contributed by atoms with Crippen molar-refractivity contribution in [1.29, 1.82) is 0 Å². The van der Waals surface area contributed by atoms with Gasteiger partial charge in [-0.25, -0.2) is 15.8 Å². The van der Waals surface area contributed by atoms with Crippen molar-refractivity contribution < 1.29 is 9.47 Å². The van der Waals surface area contributed by atoms with Crippen molar-refractivity contribution in [3.05, 3.63) is 11.9 Å². The Morgan fingerprint density at radius 2 is 1.83 bits per heavy atom. The van der Waals surface area contributed by atoms with Gasteiger partial charge in [0.2, 0.25) is 0 Å². The molecule has 0 unspecified atom stereocenters. The Bertz CT molecular complexity index is 353. The minimum Gasteiger partial charge on any atom is -0.383 e. The van der Waals surface area contributed by atoms with Gasteiger partial charge in [-0.1, -0.05) is 0 Å². The normalized spacial score (nSPS) is 10.4. The van der Waals surface area contributed by atoms with Gasteiger partial charge in [-0.2, -0.15) is 0 Å². The van der Waals surface area contributed by atoms with E-state index in [4.69, 9.17) is 15.3 Å². The summed E-state index contributed by atoms with van der Waals surface area (Å²) in [6.45, 7) is 4.55. The van der Waals surface area contributed by atoms with Crippen LogP contribution in [-0.2, 0) is 9.47 Å². The van der Waals surface area contributed by atoms with Gasteiger partial charge in [0.25, 0.3) is 0 Å². The number of aryl methyl sites for hydroxylation is 1. The van der Waals surface area contributed by atoms with Crippen LogP contribution >= 0.6 is 0 Å². The highest BCUT2D eigenvalue weighted by molar-refractivity contribution is 5.48. The minimum atomic E-state index is 0.595. The van der Waals surface area contributed by atoms with Crippen LogP contribution in [0.1, 0.15) is 5.82 Å². The van der Waals surface area contributed by atoms with Crippen molar-refractivity contribution in [3.63, 3.8) is 0 Å². The minimum absolute atomic E-state index is 0.595. The zero-order valence-electron chi connectivity index (χ0n) is 11.1. The molecule has 102 valence electrons. The van der Waals surface area contributed by atoms with Crippen LogP contribution in [-0.4, -0.2) is 50.5 Å². The van der Waals surface area contributed by atoms with Gasteiger partial charge in [-0.3, -0.25) is 0 Å². The first kappa shape index (κ1) is 14.6. The molecule has 0 atom stereocenters. The largest absolute Gasteiger partial charge is 0.383 e. The number of anilines is 2. The number of ether oxygens (including phenoxy) is 2. The smallest absolute Gasteiger partial charge is 0.145 e. The Hall–Kier alpha value is -1.44. The predicted molar refractivity (Wildman–Crippen MR) is 70.5 cm³/mol. The lowest BCUT2D eigenvalue weighted by Gasteiger charge is -2.23. The zero-order chi connectivity index (χ0) is 13.4. The molecule has 3 N–H and O–H groups in total. The van der Waals surface area contributed by atoms with E-state index < -0.39 is 0 Å². The maximum Gasteiger partial charge on any atom is 0.145 e. The molecule has 0 aliphatic carbocycles. The zero-order valence-corrected chi connectivity index (χ0v) is 11.1. The summed E-state index contributed by atoms with van der Waals surface area (Å²) in [6.07, 6.45) is 0. The monoisotopic (exact) mass is 255 g/mol. The predicted octanol–water partition coefficient (Wildman–Crippen LogP) is 0.170. The first-order valence-corrected chi connectivity index (χ1v) is 5.76. The molecule has 0 bridgehead atoms. The number of hydrogen-bond donors (Lipinski definition) is 2. The molecule has 0 aromatic carbocycles. The lowest BCUT2D eigenvalue weighted by molar-refractivity contribution is 0.190. The SMILES string of the molecule is COCCN(CCOC)c1cc(NN)nc(C)n1. The van der Waals surface area contributed by atoms with E-state index in [0.29, 0.717) is 24.9 Å². The molecule has 0 spiro atoms. The number of methoxy groups -OCH3 is 2. The van der Waals surface area contributed by atoms with Gasteiger partial charge in [-0.05, 0) is 6.92 Å². The van der Waals surface area contributed by atoms with Gasteiger partial charge in [0.15, 0.2) is 0 Å². The third-order valence-electron chi connectivity index (χ3n) is 2.43. The van der Waals surface area contributed by atoms with E-state index in [0.717, 1.165) is 18.9 Å². The number of hydrogen-bond acceptors (Lipinski definition) is 7. The lowest BCUT2D eigenvalue weighted by Crippen LogP contribution is -2.31. The van der Waals surface area contributed by atoms with Crippen LogP contribution in [0.25, 0.3) is 0 Å². The van der Waals surface area contributed by atoms with Gasteiger partial charge in [0.1, 0.15) is 17.5 Å². The van der Waals surface area contributed by atoms with Crippen LogP contribution < -0.4 is 16.2 Å². The molecule has 7 heteroatoms. The van der Waals surface area contributed by atoms with Crippen LogP contribution in [0.3, 0.4) is 0 Å². The van der Waals surface area contributed by atoms with E-state index in [9.17, 15) is 0 Å². The Labute approximate surface area is 107 Å². The molecule has 0 saturated heterocycles. The molecule has 1 aromatic heterocycles. The Balaban J connectivity index is 2.84. The molecule has 0 amide bonds. The summed E-state index contributed by atoms with van der Waals surface area (Å²) >= 11 is 0. The van der Waals surface area contributed by atoms with E-state index in [1.807, 2.05) is 6.92 Å². The van der Waals surface area contributed by atoms with Crippen LogP contribution in [0.4, 0.5) is 11.6 Å². The molecule has 0 aliphatic heterocycles. The quantitative estimate of drug-likeness (QED) is 0.506. The summed E-state index contributed by atoms with van der Waals surface area (Å²) < 4.78 is 10.2. The third kappa shape index (κ3) is 4.44. The maximum absolute atomic E-state index is 5.38. The molecule has 0 radical (unpaired) electrons. The second-order valence-electron chi connectivity index (χ2n) is 3.78. The van der Waals surface area contributed by atoms with Gasteiger partial charge in [0, 0.05) is 33.4 Å². The van der Waals surface area contributed by atoms with Crippen molar-refractivity contribution in [2.75, 3.05) is 50.8 Å². The van der Waals surface area contributed by atoms with Crippen LogP contribution in [0.15, 0.2) is 6.07 Å². The topological polar surface area (TPSA) is 85.5 Å². The van der Waals surface area contributed by atoms with Crippen LogP contribution in [0.2, 0.25) is 0 Å². The highest BCUT2D eigenvalue weighted by Crippen LogP contribution is 2.14. The molecule has 1 heterocycles. The fourth-order valence-corrected chi connectivity index (χ4v) is 1.53. The van der Waals surface area contributed by atoms with Crippen molar-refractivity contribution in [3.8, 4) is 0 Å². The Morgan fingerprint density at radius 3 is 2.33 bits per heavy atom. The summed E-state index contributed by atoms with van der Waals surface area (Å²) in [5.41, 5.74) is 2.53. The molecule has 7 nitrogen and oxygen atoms in total. The summed E-state index contributed by atoms with van der Waals surface area (Å²) in [6, 6.07) is 1.80. The summed E-state index contributed by atoms with van der Waals surface area (Å²) in [7, 11) is 3.35. The summed E-state index contributed by atoms with van der Waals surface area (Å²) in [5, 5.41) is 0. The van der Waals surface area contributed by atoms with Gasteiger partial charge >= 0.3 is 0 Å². The van der Waals surface area contributed by atoms with Crippen molar-refractivity contribution >= 4 is 11.6 Å². The molecule has 0 saturated carbocycles. The molecule has 0 fully saturated rings. The van der Waals surface area contributed by atoms with E-state index >= 15 is 0 Å². The fraction of sp³-hybridized carbons (Fsp3) is 0.636. The van der Waals surface area contributed by atoms with Gasteiger partial charge in [-0.15, -0.1) is 0 Å². The van der Waals surface area contributed by atoms with E-state index in [-0.39, 0.29) is 0 Å². The average molecular weight is 255 g/mol. The second kappa shape index (κ2) is 7.80. The summed E-state index contributed by atoms with van der Waals surface area (Å²) in [4.78, 5) is 10.6. The fourth-order valence-electron chi connectivity index (χ4n) is 1.53. The molecular formula is C11H21N5O2. The third-order valence-corrected chi connectivity index (χ3v) is 2.43. The highest BCUT2D eigenvalue weighted by atomic mass is 16.5. The Kier molecular flexibility index (Phi) is 6.34. The van der Waals surface area contributed by atoms with Crippen LogP contribution in [0.5, 0.6) is 0 Å². The van der Waals surface area contributed by atoms with Crippen molar-refractivity contribution in [2.24, 2.45) is 5.84 Å². The molecule has 0 aliphatic rings. The first-order chi connectivity index (χ1) is 8.71. The number of nitrogens with one attached hydrogen (secondary N) is 1. The highest BCUT2D eigenvalue weighted by Gasteiger charge is 2.10.